The lowest BCUT2D eigenvalue weighted by atomic mass is 10.1. The molecule has 0 saturated carbocycles. The predicted molar refractivity (Wildman–Crippen MR) is 118 cm³/mol. The molecule has 0 radical (unpaired) electrons. The Labute approximate surface area is 179 Å². The standard InChI is InChI=1S/C20H28N6O3S/c1-20(2,3)29-19(27)22-6-4-5-8-28-9-7-21-16-10-14(18-26-24-13-30-18)11-17-15(16)12-23-25-17/h10-13,21H,4-9H2,1-3H3,(H,22,27)(H,23,25). The number of amides is 1. The minimum atomic E-state index is -0.473. The molecule has 0 fully saturated rings. The number of rotatable bonds is 10. The zero-order valence-electron chi connectivity index (χ0n) is 17.5. The third kappa shape index (κ3) is 6.67. The van der Waals surface area contributed by atoms with Crippen LogP contribution in [0.2, 0.25) is 0 Å². The van der Waals surface area contributed by atoms with Crippen molar-refractivity contribution >= 4 is 34.0 Å². The Morgan fingerprint density at radius 1 is 1.20 bits per heavy atom. The molecule has 10 heteroatoms. The highest BCUT2D eigenvalue weighted by Crippen LogP contribution is 2.30. The Balaban J connectivity index is 1.35. The zero-order chi connectivity index (χ0) is 21.4. The van der Waals surface area contributed by atoms with Gasteiger partial charge in [0.25, 0.3) is 0 Å². The van der Waals surface area contributed by atoms with Crippen molar-refractivity contribution in [1.29, 1.82) is 0 Å². The summed E-state index contributed by atoms with van der Waals surface area (Å²) in [5.74, 6) is 0. The zero-order valence-corrected chi connectivity index (χ0v) is 18.3. The van der Waals surface area contributed by atoms with Crippen molar-refractivity contribution in [3.63, 3.8) is 0 Å². The van der Waals surface area contributed by atoms with Gasteiger partial charge < -0.3 is 20.1 Å². The smallest absolute Gasteiger partial charge is 0.407 e. The number of aromatic nitrogens is 4. The van der Waals surface area contributed by atoms with Gasteiger partial charge in [-0.05, 0) is 45.7 Å². The Morgan fingerprint density at radius 3 is 2.83 bits per heavy atom. The molecular formula is C20H28N6O3S. The number of hydrogen-bond acceptors (Lipinski definition) is 8. The fourth-order valence-corrected chi connectivity index (χ4v) is 3.36. The topological polar surface area (TPSA) is 114 Å². The Morgan fingerprint density at radius 2 is 2.07 bits per heavy atom. The number of unbranched alkanes of at least 4 members (excludes halogenated alkanes) is 1. The molecule has 9 nitrogen and oxygen atoms in total. The number of anilines is 1. The fraction of sp³-hybridized carbons (Fsp3) is 0.500. The number of alkyl carbamates (subject to hydrolysis) is 1. The summed E-state index contributed by atoms with van der Waals surface area (Å²) in [4.78, 5) is 11.6. The number of fused-ring (bicyclic) bond motifs is 1. The Bertz CT molecular complexity index is 936. The summed E-state index contributed by atoms with van der Waals surface area (Å²) in [6.45, 7) is 8.02. The molecule has 3 rings (SSSR count). The molecule has 0 saturated heterocycles. The van der Waals surface area contributed by atoms with E-state index in [0.29, 0.717) is 26.3 Å². The maximum atomic E-state index is 11.6. The van der Waals surface area contributed by atoms with E-state index in [-0.39, 0.29) is 6.09 Å². The number of hydrogen-bond donors (Lipinski definition) is 3. The quantitative estimate of drug-likeness (QED) is 0.417. The van der Waals surface area contributed by atoms with Crippen LogP contribution in [0.4, 0.5) is 10.5 Å². The van der Waals surface area contributed by atoms with Gasteiger partial charge in [-0.2, -0.15) is 5.10 Å². The van der Waals surface area contributed by atoms with Gasteiger partial charge >= 0.3 is 6.09 Å². The average Bonchev–Trinajstić information content (AvgIpc) is 3.36. The van der Waals surface area contributed by atoms with Gasteiger partial charge in [0.15, 0.2) is 0 Å². The molecular weight excluding hydrogens is 404 g/mol. The lowest BCUT2D eigenvalue weighted by Crippen LogP contribution is -2.33. The molecule has 0 aliphatic rings. The van der Waals surface area contributed by atoms with E-state index in [1.807, 2.05) is 26.8 Å². The van der Waals surface area contributed by atoms with E-state index in [9.17, 15) is 4.79 Å². The summed E-state index contributed by atoms with van der Waals surface area (Å²) >= 11 is 1.50. The molecule has 2 aromatic heterocycles. The van der Waals surface area contributed by atoms with Crippen LogP contribution >= 0.6 is 11.3 Å². The SMILES string of the molecule is CC(C)(C)OC(=O)NCCCCOCCNc1cc(-c2nncs2)cc2[nH]ncc12. The van der Waals surface area contributed by atoms with Crippen LogP contribution in [0.5, 0.6) is 0 Å². The lowest BCUT2D eigenvalue weighted by Gasteiger charge is -2.19. The van der Waals surface area contributed by atoms with Gasteiger partial charge in [0, 0.05) is 36.3 Å². The Hall–Kier alpha value is -2.72. The second kappa shape index (κ2) is 10.4. The molecule has 0 aliphatic carbocycles. The maximum Gasteiger partial charge on any atom is 0.407 e. The first-order valence-corrected chi connectivity index (χ1v) is 10.8. The third-order valence-corrected chi connectivity index (χ3v) is 4.85. The van der Waals surface area contributed by atoms with Crippen molar-refractivity contribution in [2.75, 3.05) is 31.6 Å². The summed E-state index contributed by atoms with van der Waals surface area (Å²) in [5.41, 5.74) is 4.17. The van der Waals surface area contributed by atoms with Crippen molar-refractivity contribution in [3.8, 4) is 10.6 Å². The highest BCUT2D eigenvalue weighted by molar-refractivity contribution is 7.12. The van der Waals surface area contributed by atoms with Crippen molar-refractivity contribution in [2.45, 2.75) is 39.2 Å². The van der Waals surface area contributed by atoms with E-state index in [0.717, 1.165) is 40.0 Å². The number of carbonyl (C=O) groups excluding carboxylic acids is 1. The lowest BCUT2D eigenvalue weighted by molar-refractivity contribution is 0.0524. The minimum Gasteiger partial charge on any atom is -0.444 e. The highest BCUT2D eigenvalue weighted by Gasteiger charge is 2.15. The van der Waals surface area contributed by atoms with Gasteiger partial charge in [0.2, 0.25) is 0 Å². The number of carbonyl (C=O) groups is 1. The van der Waals surface area contributed by atoms with Crippen LogP contribution in [0.15, 0.2) is 23.8 Å². The van der Waals surface area contributed by atoms with Crippen LogP contribution in [0, 0.1) is 0 Å². The summed E-state index contributed by atoms with van der Waals surface area (Å²) < 4.78 is 10.9. The summed E-state index contributed by atoms with van der Waals surface area (Å²) in [6.07, 6.45) is 3.13. The number of benzene rings is 1. The Kier molecular flexibility index (Phi) is 7.58. The van der Waals surface area contributed by atoms with Crippen LogP contribution in [0.25, 0.3) is 21.5 Å². The van der Waals surface area contributed by atoms with Crippen molar-refractivity contribution in [1.82, 2.24) is 25.7 Å². The molecule has 1 amide bonds. The number of ether oxygens (including phenoxy) is 2. The van der Waals surface area contributed by atoms with Gasteiger partial charge in [-0.15, -0.1) is 10.2 Å². The van der Waals surface area contributed by atoms with Gasteiger partial charge in [-0.3, -0.25) is 5.10 Å². The second-order valence-corrected chi connectivity index (χ2v) is 8.61. The van der Waals surface area contributed by atoms with Crippen molar-refractivity contribution < 1.29 is 14.3 Å². The molecule has 0 atom stereocenters. The molecule has 3 N–H and O–H groups in total. The molecule has 0 unspecified atom stereocenters. The second-order valence-electron chi connectivity index (χ2n) is 7.77. The van der Waals surface area contributed by atoms with E-state index in [4.69, 9.17) is 9.47 Å². The van der Waals surface area contributed by atoms with Crippen molar-refractivity contribution in [2.24, 2.45) is 0 Å². The van der Waals surface area contributed by atoms with E-state index in [2.05, 4.69) is 37.1 Å². The van der Waals surface area contributed by atoms with Crippen LogP contribution < -0.4 is 10.6 Å². The molecule has 0 aliphatic heterocycles. The maximum absolute atomic E-state index is 11.6. The summed E-state index contributed by atoms with van der Waals surface area (Å²) in [5, 5.41) is 23.2. The van der Waals surface area contributed by atoms with Crippen LogP contribution in [0.3, 0.4) is 0 Å². The number of nitrogens with one attached hydrogen (secondary N) is 3. The normalized spacial score (nSPS) is 11.6. The average molecular weight is 433 g/mol. The number of nitrogens with zero attached hydrogens (tertiary/aromatic N) is 3. The molecule has 30 heavy (non-hydrogen) atoms. The van der Waals surface area contributed by atoms with E-state index in [1.54, 1.807) is 11.7 Å². The first-order valence-electron chi connectivity index (χ1n) is 9.94. The first-order chi connectivity index (χ1) is 14.4. The molecule has 3 aromatic rings. The molecule has 0 bridgehead atoms. The minimum absolute atomic E-state index is 0.381. The van der Waals surface area contributed by atoms with E-state index >= 15 is 0 Å². The van der Waals surface area contributed by atoms with E-state index < -0.39 is 5.60 Å². The predicted octanol–water partition coefficient (Wildman–Crippen LogP) is 3.81. The monoisotopic (exact) mass is 432 g/mol. The van der Waals surface area contributed by atoms with Gasteiger partial charge in [-0.1, -0.05) is 11.3 Å². The molecule has 162 valence electrons. The van der Waals surface area contributed by atoms with Crippen LogP contribution in [-0.4, -0.2) is 58.4 Å². The van der Waals surface area contributed by atoms with Gasteiger partial charge in [0.05, 0.1) is 18.3 Å². The molecule has 1 aromatic carbocycles. The molecule has 2 heterocycles. The van der Waals surface area contributed by atoms with Crippen LogP contribution in [0.1, 0.15) is 33.6 Å². The third-order valence-electron chi connectivity index (χ3n) is 4.11. The summed E-state index contributed by atoms with van der Waals surface area (Å²) in [7, 11) is 0. The number of H-pyrrole nitrogens is 1. The van der Waals surface area contributed by atoms with Crippen molar-refractivity contribution in [3.05, 3.63) is 23.8 Å². The van der Waals surface area contributed by atoms with E-state index in [1.165, 1.54) is 11.3 Å². The number of aromatic amines is 1. The fourth-order valence-electron chi connectivity index (χ4n) is 2.81. The largest absolute Gasteiger partial charge is 0.444 e. The summed E-state index contributed by atoms with van der Waals surface area (Å²) in [6, 6.07) is 4.08. The van der Waals surface area contributed by atoms with Gasteiger partial charge in [0.1, 0.15) is 16.1 Å². The highest BCUT2D eigenvalue weighted by atomic mass is 32.1. The first kappa shape index (κ1) is 22.0. The molecule has 0 spiro atoms. The van der Waals surface area contributed by atoms with Gasteiger partial charge in [-0.25, -0.2) is 4.79 Å². The van der Waals surface area contributed by atoms with Crippen LogP contribution in [-0.2, 0) is 9.47 Å².